The first-order valence-corrected chi connectivity index (χ1v) is 8.96. The number of carbonyl (C=O) groups is 1. The van der Waals surface area contributed by atoms with Crippen molar-refractivity contribution in [2.24, 2.45) is 0 Å². The van der Waals surface area contributed by atoms with Crippen molar-refractivity contribution < 1.29 is 13.2 Å². The first kappa shape index (κ1) is 15.3. The molecule has 0 fully saturated rings. The number of nitrogens with one attached hydrogen (secondary N) is 2. The van der Waals surface area contributed by atoms with Gasteiger partial charge in [-0.05, 0) is 42.4 Å². The van der Waals surface area contributed by atoms with Gasteiger partial charge in [0.1, 0.15) is 0 Å². The Kier molecular flexibility index (Phi) is 5.06. The van der Waals surface area contributed by atoms with Gasteiger partial charge in [-0.2, -0.15) is 0 Å². The highest BCUT2D eigenvalue weighted by molar-refractivity contribution is 7.99. The van der Waals surface area contributed by atoms with Crippen molar-refractivity contribution in [1.82, 2.24) is 10.0 Å². The van der Waals surface area contributed by atoms with Crippen LogP contribution in [0.1, 0.15) is 18.9 Å². The number of benzene rings is 1. The zero-order valence-electron chi connectivity index (χ0n) is 11.3. The van der Waals surface area contributed by atoms with Crippen LogP contribution in [0, 0.1) is 0 Å². The van der Waals surface area contributed by atoms with Gasteiger partial charge in [-0.25, -0.2) is 13.1 Å². The van der Waals surface area contributed by atoms with Gasteiger partial charge in [0, 0.05) is 24.9 Å². The van der Waals surface area contributed by atoms with Crippen LogP contribution >= 0.6 is 11.8 Å². The van der Waals surface area contributed by atoms with Crippen molar-refractivity contribution in [2.45, 2.75) is 29.6 Å². The summed E-state index contributed by atoms with van der Waals surface area (Å²) in [5, 5.41) is 2.55. The molecule has 0 aliphatic carbocycles. The van der Waals surface area contributed by atoms with Gasteiger partial charge in [-0.3, -0.25) is 4.79 Å². The fourth-order valence-electron chi connectivity index (χ4n) is 2.01. The summed E-state index contributed by atoms with van der Waals surface area (Å²) in [6.45, 7) is 1.87. The van der Waals surface area contributed by atoms with E-state index in [1.54, 1.807) is 23.9 Å². The molecule has 110 valence electrons. The summed E-state index contributed by atoms with van der Waals surface area (Å²) in [7, 11) is -3.50. The average Bonchev–Trinajstić information content (AvgIpc) is 2.43. The molecule has 1 aromatic rings. The van der Waals surface area contributed by atoms with Crippen LogP contribution in [0.2, 0.25) is 0 Å². The number of carbonyl (C=O) groups excluding carboxylic acids is 1. The molecule has 0 atom stereocenters. The quantitative estimate of drug-likeness (QED) is 0.799. The Morgan fingerprint density at radius 2 is 2.15 bits per heavy atom. The molecule has 1 amide bonds. The second-order valence-corrected chi connectivity index (χ2v) is 7.51. The van der Waals surface area contributed by atoms with Crippen LogP contribution in [0.5, 0.6) is 0 Å². The number of amides is 1. The molecular formula is C13H18N2O3S2. The lowest BCUT2D eigenvalue weighted by atomic mass is 10.1. The van der Waals surface area contributed by atoms with Gasteiger partial charge >= 0.3 is 0 Å². The van der Waals surface area contributed by atoms with E-state index in [2.05, 4.69) is 10.0 Å². The normalized spacial score (nSPS) is 14.7. The monoisotopic (exact) mass is 314 g/mol. The lowest BCUT2D eigenvalue weighted by molar-refractivity contribution is -0.118. The fourth-order valence-corrected chi connectivity index (χ4v) is 4.11. The van der Waals surface area contributed by atoms with Crippen molar-refractivity contribution in [1.29, 1.82) is 0 Å². The number of hydrogen-bond acceptors (Lipinski definition) is 4. The van der Waals surface area contributed by atoms with E-state index < -0.39 is 10.0 Å². The van der Waals surface area contributed by atoms with Crippen LogP contribution in [0.4, 0.5) is 0 Å². The number of thioether (sulfide) groups is 1. The molecule has 0 unspecified atom stereocenters. The number of sulfonamides is 1. The Bertz CT molecular complexity index is 600. The number of hydrogen-bond donors (Lipinski definition) is 2. The van der Waals surface area contributed by atoms with Crippen LogP contribution in [-0.4, -0.2) is 33.2 Å². The molecule has 20 heavy (non-hydrogen) atoms. The molecule has 5 nitrogen and oxygen atoms in total. The third-order valence-electron chi connectivity index (χ3n) is 2.98. The third-order valence-corrected chi connectivity index (χ3v) is 5.64. The first-order chi connectivity index (χ1) is 9.49. The molecule has 7 heteroatoms. The smallest absolute Gasteiger partial charge is 0.240 e. The zero-order chi connectivity index (χ0) is 14.6. The zero-order valence-corrected chi connectivity index (χ0v) is 12.9. The van der Waals surface area contributed by atoms with Crippen LogP contribution in [0.25, 0.3) is 0 Å². The molecular weight excluding hydrogens is 296 g/mol. The molecule has 1 aliphatic rings. The maximum Gasteiger partial charge on any atom is 0.240 e. The standard InChI is InChI=1S/C13H18N2O3S2/c1-10(16)14-6-7-15-20(17,18)12-4-5-13-11(9-12)3-2-8-19-13/h4-5,9,15H,2-3,6-8H2,1H3,(H,14,16). The minimum absolute atomic E-state index is 0.171. The predicted molar refractivity (Wildman–Crippen MR) is 79.4 cm³/mol. The van der Waals surface area contributed by atoms with Gasteiger partial charge in [0.05, 0.1) is 4.90 Å². The fraction of sp³-hybridized carbons (Fsp3) is 0.462. The molecule has 0 saturated heterocycles. The molecule has 1 heterocycles. The van der Waals surface area contributed by atoms with Crippen molar-refractivity contribution in [2.75, 3.05) is 18.8 Å². The molecule has 0 spiro atoms. The first-order valence-electron chi connectivity index (χ1n) is 6.49. The van der Waals surface area contributed by atoms with E-state index in [1.807, 2.05) is 6.07 Å². The van der Waals surface area contributed by atoms with Crippen LogP contribution in [0.3, 0.4) is 0 Å². The van der Waals surface area contributed by atoms with E-state index in [-0.39, 0.29) is 19.0 Å². The van der Waals surface area contributed by atoms with Gasteiger partial charge in [-0.15, -0.1) is 11.8 Å². The number of aryl methyl sites for hydroxylation is 1. The highest BCUT2D eigenvalue weighted by atomic mass is 32.2. The lowest BCUT2D eigenvalue weighted by Gasteiger charge is -2.16. The van der Waals surface area contributed by atoms with Gasteiger partial charge in [-0.1, -0.05) is 0 Å². The summed E-state index contributed by atoms with van der Waals surface area (Å²) in [5.74, 6) is 0.920. The van der Waals surface area contributed by atoms with E-state index in [4.69, 9.17) is 0 Å². The minimum atomic E-state index is -3.50. The summed E-state index contributed by atoms with van der Waals surface area (Å²) in [6.07, 6.45) is 2.01. The predicted octanol–water partition coefficient (Wildman–Crippen LogP) is 1.14. The molecule has 0 radical (unpaired) electrons. The van der Waals surface area contributed by atoms with Gasteiger partial charge < -0.3 is 5.32 Å². The SMILES string of the molecule is CC(=O)NCCNS(=O)(=O)c1ccc2c(c1)CCCS2. The van der Waals surface area contributed by atoms with Crippen molar-refractivity contribution in [3.05, 3.63) is 23.8 Å². The largest absolute Gasteiger partial charge is 0.355 e. The Morgan fingerprint density at radius 3 is 2.90 bits per heavy atom. The van der Waals surface area contributed by atoms with Crippen molar-refractivity contribution in [3.8, 4) is 0 Å². The van der Waals surface area contributed by atoms with Crippen molar-refractivity contribution >= 4 is 27.7 Å². The molecule has 2 N–H and O–H groups in total. The second-order valence-electron chi connectivity index (χ2n) is 4.60. The minimum Gasteiger partial charge on any atom is -0.355 e. The molecule has 2 rings (SSSR count). The maximum atomic E-state index is 12.1. The van der Waals surface area contributed by atoms with E-state index >= 15 is 0 Å². The molecule has 1 aromatic carbocycles. The number of fused-ring (bicyclic) bond motifs is 1. The van der Waals surface area contributed by atoms with Gasteiger partial charge in [0.25, 0.3) is 0 Å². The van der Waals surface area contributed by atoms with Crippen LogP contribution < -0.4 is 10.0 Å². The molecule has 0 bridgehead atoms. The van der Waals surface area contributed by atoms with E-state index in [0.29, 0.717) is 4.90 Å². The van der Waals surface area contributed by atoms with Crippen molar-refractivity contribution in [3.63, 3.8) is 0 Å². The average molecular weight is 314 g/mol. The summed E-state index contributed by atoms with van der Waals surface area (Å²) in [4.78, 5) is 12.2. The van der Waals surface area contributed by atoms with Crippen LogP contribution in [0.15, 0.2) is 28.0 Å². The molecule has 0 saturated carbocycles. The summed E-state index contributed by atoms with van der Waals surface area (Å²) < 4.78 is 26.8. The summed E-state index contributed by atoms with van der Waals surface area (Å²) in [5.41, 5.74) is 1.10. The summed E-state index contributed by atoms with van der Waals surface area (Å²) >= 11 is 1.77. The molecule has 1 aliphatic heterocycles. The third kappa shape index (κ3) is 3.97. The van der Waals surface area contributed by atoms with E-state index in [1.165, 1.54) is 11.8 Å². The Morgan fingerprint density at radius 1 is 1.35 bits per heavy atom. The topological polar surface area (TPSA) is 75.3 Å². The summed E-state index contributed by atoms with van der Waals surface area (Å²) in [6, 6.07) is 5.27. The second kappa shape index (κ2) is 6.60. The molecule has 0 aromatic heterocycles. The van der Waals surface area contributed by atoms with E-state index in [9.17, 15) is 13.2 Å². The highest BCUT2D eigenvalue weighted by Crippen LogP contribution is 2.31. The Hall–Kier alpha value is -1.05. The van der Waals surface area contributed by atoms with Gasteiger partial charge in [0.15, 0.2) is 0 Å². The van der Waals surface area contributed by atoms with Crippen LogP contribution in [-0.2, 0) is 21.2 Å². The Labute approximate surface area is 123 Å². The maximum absolute atomic E-state index is 12.1. The highest BCUT2D eigenvalue weighted by Gasteiger charge is 2.17. The number of rotatable bonds is 5. The van der Waals surface area contributed by atoms with Gasteiger partial charge in [0.2, 0.25) is 15.9 Å². The lowest BCUT2D eigenvalue weighted by Crippen LogP contribution is -2.33. The van der Waals surface area contributed by atoms with E-state index in [0.717, 1.165) is 24.2 Å². The Balaban J connectivity index is 2.03.